The van der Waals surface area contributed by atoms with Crippen molar-refractivity contribution in [2.24, 2.45) is 0 Å². The molecule has 102 valence electrons. The first kappa shape index (κ1) is 13.6. The van der Waals surface area contributed by atoms with Crippen molar-refractivity contribution in [1.29, 1.82) is 0 Å². The van der Waals surface area contributed by atoms with Crippen molar-refractivity contribution in [2.45, 2.75) is 32.3 Å². The molecule has 0 aromatic heterocycles. The van der Waals surface area contributed by atoms with Crippen LogP contribution in [0.4, 0.5) is 10.5 Å². The van der Waals surface area contributed by atoms with Crippen LogP contribution in [0.2, 0.25) is 0 Å². The molecule has 0 bridgehead atoms. The zero-order chi connectivity index (χ0) is 13.8. The SMILES string of the molecule is CCOC(=O)N1C=CC(C(O)CC)c2ccccc21. The number of carbonyl (C=O) groups is 1. The number of carbonyl (C=O) groups excluding carboxylic acids is 1. The molecule has 2 rings (SSSR count). The molecule has 0 saturated carbocycles. The second-order valence-corrected chi connectivity index (χ2v) is 4.47. The van der Waals surface area contributed by atoms with Crippen molar-refractivity contribution >= 4 is 11.8 Å². The van der Waals surface area contributed by atoms with Gasteiger partial charge in [-0.1, -0.05) is 31.2 Å². The number of benzene rings is 1. The highest BCUT2D eigenvalue weighted by Gasteiger charge is 2.28. The van der Waals surface area contributed by atoms with Crippen molar-refractivity contribution < 1.29 is 14.6 Å². The van der Waals surface area contributed by atoms with Crippen LogP contribution in [-0.2, 0) is 4.74 Å². The van der Waals surface area contributed by atoms with Gasteiger partial charge < -0.3 is 9.84 Å². The fourth-order valence-corrected chi connectivity index (χ4v) is 2.29. The van der Waals surface area contributed by atoms with Gasteiger partial charge in [0.1, 0.15) is 0 Å². The van der Waals surface area contributed by atoms with Gasteiger partial charge in [0.25, 0.3) is 0 Å². The Morgan fingerprint density at radius 2 is 2.16 bits per heavy atom. The van der Waals surface area contributed by atoms with Crippen molar-refractivity contribution in [3.63, 3.8) is 0 Å². The zero-order valence-corrected chi connectivity index (χ0v) is 11.2. The molecule has 4 nitrogen and oxygen atoms in total. The van der Waals surface area contributed by atoms with E-state index in [1.165, 1.54) is 4.90 Å². The molecule has 1 aliphatic rings. The third-order valence-corrected chi connectivity index (χ3v) is 3.30. The predicted octanol–water partition coefficient (Wildman–Crippen LogP) is 3.03. The van der Waals surface area contributed by atoms with E-state index in [9.17, 15) is 9.90 Å². The molecule has 0 fully saturated rings. The molecular weight excluding hydrogens is 242 g/mol. The van der Waals surface area contributed by atoms with Crippen LogP contribution in [0.15, 0.2) is 36.5 Å². The number of aliphatic hydroxyl groups excluding tert-OH is 1. The van der Waals surface area contributed by atoms with E-state index in [1.54, 1.807) is 13.1 Å². The highest BCUT2D eigenvalue weighted by atomic mass is 16.6. The number of aliphatic hydroxyl groups is 1. The van der Waals surface area contributed by atoms with E-state index in [0.717, 1.165) is 11.3 Å². The van der Waals surface area contributed by atoms with Gasteiger partial charge in [0.2, 0.25) is 0 Å². The Hall–Kier alpha value is -1.81. The molecule has 1 aliphatic heterocycles. The van der Waals surface area contributed by atoms with E-state index in [4.69, 9.17) is 4.74 Å². The van der Waals surface area contributed by atoms with E-state index >= 15 is 0 Å². The van der Waals surface area contributed by atoms with Gasteiger partial charge in [-0.2, -0.15) is 0 Å². The summed E-state index contributed by atoms with van der Waals surface area (Å²) >= 11 is 0. The molecule has 1 N–H and O–H groups in total. The van der Waals surface area contributed by atoms with Gasteiger partial charge in [0, 0.05) is 12.1 Å². The first-order valence-electron chi connectivity index (χ1n) is 6.60. The highest BCUT2D eigenvalue weighted by molar-refractivity contribution is 5.91. The number of fused-ring (bicyclic) bond motifs is 1. The fraction of sp³-hybridized carbons (Fsp3) is 0.400. The van der Waals surface area contributed by atoms with E-state index in [2.05, 4.69) is 0 Å². The number of hydrogen-bond donors (Lipinski definition) is 1. The maximum atomic E-state index is 11.9. The Morgan fingerprint density at radius 3 is 2.84 bits per heavy atom. The largest absolute Gasteiger partial charge is 0.449 e. The first-order valence-corrected chi connectivity index (χ1v) is 6.60. The molecule has 2 atom stereocenters. The van der Waals surface area contributed by atoms with Gasteiger partial charge in [-0.05, 0) is 25.0 Å². The van der Waals surface area contributed by atoms with Gasteiger partial charge in [0.05, 0.1) is 18.4 Å². The smallest absolute Gasteiger partial charge is 0.418 e. The molecule has 0 radical (unpaired) electrons. The third-order valence-electron chi connectivity index (χ3n) is 3.30. The Balaban J connectivity index is 2.36. The number of nitrogens with zero attached hydrogens (tertiary/aromatic N) is 1. The van der Waals surface area contributed by atoms with Gasteiger partial charge in [0.15, 0.2) is 0 Å². The second kappa shape index (κ2) is 5.89. The lowest BCUT2D eigenvalue weighted by atomic mass is 9.88. The Morgan fingerprint density at radius 1 is 1.42 bits per heavy atom. The lowest BCUT2D eigenvalue weighted by Gasteiger charge is -2.30. The van der Waals surface area contributed by atoms with Crippen LogP contribution in [0.1, 0.15) is 31.7 Å². The van der Waals surface area contributed by atoms with Gasteiger partial charge in [-0.25, -0.2) is 4.79 Å². The molecule has 1 aromatic rings. The van der Waals surface area contributed by atoms with Crippen LogP contribution >= 0.6 is 0 Å². The summed E-state index contributed by atoms with van der Waals surface area (Å²) in [7, 11) is 0. The molecule has 1 heterocycles. The second-order valence-electron chi connectivity index (χ2n) is 4.47. The molecule has 19 heavy (non-hydrogen) atoms. The summed E-state index contributed by atoms with van der Waals surface area (Å²) in [6.07, 6.45) is 3.37. The summed E-state index contributed by atoms with van der Waals surface area (Å²) in [6.45, 7) is 4.06. The Labute approximate surface area is 113 Å². The molecule has 1 aromatic carbocycles. The molecule has 0 aliphatic carbocycles. The number of para-hydroxylation sites is 1. The van der Waals surface area contributed by atoms with Crippen molar-refractivity contribution in [1.82, 2.24) is 0 Å². The topological polar surface area (TPSA) is 49.8 Å². The van der Waals surface area contributed by atoms with Crippen molar-refractivity contribution in [3.05, 3.63) is 42.1 Å². The van der Waals surface area contributed by atoms with Crippen LogP contribution in [0, 0.1) is 0 Å². The number of hydrogen-bond acceptors (Lipinski definition) is 3. The summed E-state index contributed by atoms with van der Waals surface area (Å²) in [5.41, 5.74) is 1.73. The summed E-state index contributed by atoms with van der Waals surface area (Å²) < 4.78 is 5.03. The monoisotopic (exact) mass is 261 g/mol. The Kier molecular flexibility index (Phi) is 4.22. The normalized spacial score (nSPS) is 18.9. The van der Waals surface area contributed by atoms with E-state index in [0.29, 0.717) is 13.0 Å². The maximum absolute atomic E-state index is 11.9. The number of anilines is 1. The van der Waals surface area contributed by atoms with E-state index in [-0.39, 0.29) is 5.92 Å². The zero-order valence-electron chi connectivity index (χ0n) is 11.2. The van der Waals surface area contributed by atoms with Crippen LogP contribution < -0.4 is 4.90 Å². The average molecular weight is 261 g/mol. The van der Waals surface area contributed by atoms with Crippen LogP contribution in [0.25, 0.3) is 0 Å². The van der Waals surface area contributed by atoms with Crippen LogP contribution in [0.3, 0.4) is 0 Å². The highest BCUT2D eigenvalue weighted by Crippen LogP contribution is 2.36. The average Bonchev–Trinajstić information content (AvgIpc) is 2.45. The summed E-state index contributed by atoms with van der Waals surface area (Å²) in [4.78, 5) is 13.4. The van der Waals surface area contributed by atoms with E-state index in [1.807, 2.05) is 37.3 Å². The quantitative estimate of drug-likeness (QED) is 0.909. The third kappa shape index (κ3) is 2.63. The minimum Gasteiger partial charge on any atom is -0.449 e. The standard InChI is InChI=1S/C15H19NO3/c1-3-14(17)12-9-10-16(15(18)19-4-2)13-8-6-5-7-11(12)13/h5-10,12,14,17H,3-4H2,1-2H3. The van der Waals surface area contributed by atoms with Crippen LogP contribution in [0.5, 0.6) is 0 Å². The molecule has 0 spiro atoms. The summed E-state index contributed by atoms with van der Waals surface area (Å²) in [6, 6.07) is 7.59. The predicted molar refractivity (Wildman–Crippen MR) is 74.1 cm³/mol. The minimum absolute atomic E-state index is 0.0770. The number of ether oxygens (including phenoxy) is 1. The molecule has 0 saturated heterocycles. The van der Waals surface area contributed by atoms with Crippen LogP contribution in [-0.4, -0.2) is 23.9 Å². The lowest BCUT2D eigenvalue weighted by molar-refractivity contribution is 0.152. The molecule has 2 unspecified atom stereocenters. The van der Waals surface area contributed by atoms with E-state index < -0.39 is 12.2 Å². The fourth-order valence-electron chi connectivity index (χ4n) is 2.29. The number of rotatable bonds is 3. The summed E-state index contributed by atoms with van der Waals surface area (Å²) in [5.74, 6) is -0.0770. The Bertz CT molecular complexity index is 484. The first-order chi connectivity index (χ1) is 9.19. The lowest BCUT2D eigenvalue weighted by Crippen LogP contribution is -2.31. The van der Waals surface area contributed by atoms with Crippen molar-refractivity contribution in [3.8, 4) is 0 Å². The molecular formula is C15H19NO3. The van der Waals surface area contributed by atoms with Gasteiger partial charge in [-0.3, -0.25) is 4.90 Å². The maximum Gasteiger partial charge on any atom is 0.418 e. The number of amides is 1. The van der Waals surface area contributed by atoms with Gasteiger partial charge >= 0.3 is 6.09 Å². The molecule has 4 heteroatoms. The molecule has 1 amide bonds. The summed E-state index contributed by atoms with van der Waals surface area (Å²) in [5, 5.41) is 10.1. The van der Waals surface area contributed by atoms with Gasteiger partial charge in [-0.15, -0.1) is 0 Å². The van der Waals surface area contributed by atoms with Crippen molar-refractivity contribution in [2.75, 3.05) is 11.5 Å². The minimum atomic E-state index is -0.443.